The molecule has 1 aromatic heterocycles. The van der Waals surface area contributed by atoms with Gasteiger partial charge in [0.15, 0.2) is 0 Å². The van der Waals surface area contributed by atoms with Gasteiger partial charge in [0.1, 0.15) is 11.4 Å². The molecular weight excluding hydrogens is 278 g/mol. The number of amides is 1. The molecule has 1 aliphatic carbocycles. The average Bonchev–Trinajstić information content (AvgIpc) is 3.03. The number of carbonyl (C=O) groups is 1. The number of benzene rings is 1. The zero-order valence-electron chi connectivity index (χ0n) is 13.2. The van der Waals surface area contributed by atoms with E-state index in [0.29, 0.717) is 0 Å². The number of hydrogen-bond donors (Lipinski definition) is 1. The summed E-state index contributed by atoms with van der Waals surface area (Å²) in [5.41, 5.74) is 3.13. The molecule has 0 bridgehead atoms. The Morgan fingerprint density at radius 3 is 2.68 bits per heavy atom. The molecule has 0 spiro atoms. The largest absolute Gasteiger partial charge is 0.464 e. The zero-order valence-corrected chi connectivity index (χ0v) is 13.2. The summed E-state index contributed by atoms with van der Waals surface area (Å²) in [6.45, 7) is 5.60. The minimum Gasteiger partial charge on any atom is -0.464 e. The van der Waals surface area contributed by atoms with E-state index in [1.165, 1.54) is 11.1 Å². The summed E-state index contributed by atoms with van der Waals surface area (Å²) in [5.74, 6) is 0.867. The number of rotatable bonds is 2. The lowest BCUT2D eigenvalue weighted by atomic mass is 10.1. The van der Waals surface area contributed by atoms with Crippen LogP contribution in [0.3, 0.4) is 0 Å². The van der Waals surface area contributed by atoms with Crippen LogP contribution in [0.5, 0.6) is 0 Å². The quantitative estimate of drug-likeness (QED) is 0.914. The Kier molecular flexibility index (Phi) is 3.69. The fourth-order valence-corrected chi connectivity index (χ4v) is 2.79. The van der Waals surface area contributed by atoms with E-state index in [2.05, 4.69) is 23.5 Å². The summed E-state index contributed by atoms with van der Waals surface area (Å²) in [6.07, 6.45) is 2.99. The van der Waals surface area contributed by atoms with Gasteiger partial charge in [0.2, 0.25) is 0 Å². The van der Waals surface area contributed by atoms with E-state index in [-0.39, 0.29) is 12.1 Å². The van der Waals surface area contributed by atoms with Gasteiger partial charge in [-0.2, -0.15) is 0 Å². The maximum atomic E-state index is 11.9. The van der Waals surface area contributed by atoms with Crippen molar-refractivity contribution in [3.63, 3.8) is 0 Å². The first-order valence-electron chi connectivity index (χ1n) is 7.56. The Hall–Kier alpha value is -2.23. The molecule has 0 radical (unpaired) electrons. The number of furan rings is 1. The van der Waals surface area contributed by atoms with Crippen LogP contribution in [0.4, 0.5) is 4.79 Å². The van der Waals surface area contributed by atoms with Crippen LogP contribution in [0.2, 0.25) is 0 Å². The average molecular weight is 299 g/mol. The number of alkyl carbamates (subject to hydrolysis) is 1. The Balaban J connectivity index is 1.67. The van der Waals surface area contributed by atoms with Gasteiger partial charge in [0.25, 0.3) is 0 Å². The highest BCUT2D eigenvalue weighted by Gasteiger charge is 2.25. The number of hydrogen-bond acceptors (Lipinski definition) is 3. The molecule has 1 atom stereocenters. The van der Waals surface area contributed by atoms with Crippen molar-refractivity contribution in [2.75, 3.05) is 0 Å². The number of nitrogens with one attached hydrogen (secondary N) is 1. The highest BCUT2D eigenvalue weighted by Crippen LogP contribution is 2.28. The molecule has 0 unspecified atom stereocenters. The van der Waals surface area contributed by atoms with Gasteiger partial charge in [-0.05, 0) is 62.9 Å². The van der Waals surface area contributed by atoms with Crippen molar-refractivity contribution < 1.29 is 13.9 Å². The van der Waals surface area contributed by atoms with E-state index < -0.39 is 5.60 Å². The lowest BCUT2D eigenvalue weighted by Gasteiger charge is -2.21. The van der Waals surface area contributed by atoms with E-state index in [9.17, 15) is 4.79 Å². The fourth-order valence-electron chi connectivity index (χ4n) is 2.79. The second-order valence-electron chi connectivity index (χ2n) is 6.71. The molecule has 0 saturated carbocycles. The van der Waals surface area contributed by atoms with Crippen LogP contribution in [0, 0.1) is 0 Å². The van der Waals surface area contributed by atoms with Gasteiger partial charge < -0.3 is 14.5 Å². The van der Waals surface area contributed by atoms with Crippen LogP contribution in [-0.2, 0) is 17.6 Å². The molecule has 1 amide bonds. The van der Waals surface area contributed by atoms with Gasteiger partial charge in [-0.25, -0.2) is 4.79 Å². The molecule has 0 fully saturated rings. The summed E-state index contributed by atoms with van der Waals surface area (Å²) in [7, 11) is 0. The lowest BCUT2D eigenvalue weighted by molar-refractivity contribution is 0.0506. The summed E-state index contributed by atoms with van der Waals surface area (Å²) < 4.78 is 10.8. The lowest BCUT2D eigenvalue weighted by Crippen LogP contribution is -2.39. The number of fused-ring (bicyclic) bond motifs is 1. The van der Waals surface area contributed by atoms with Crippen LogP contribution in [-0.4, -0.2) is 17.7 Å². The van der Waals surface area contributed by atoms with Crippen molar-refractivity contribution in [3.05, 3.63) is 47.7 Å². The van der Waals surface area contributed by atoms with Gasteiger partial charge in [-0.15, -0.1) is 0 Å². The summed E-state index contributed by atoms with van der Waals surface area (Å²) in [6, 6.07) is 10.3. The fraction of sp³-hybridized carbons (Fsp3) is 0.389. The Morgan fingerprint density at radius 2 is 2.00 bits per heavy atom. The first-order valence-corrected chi connectivity index (χ1v) is 7.56. The van der Waals surface area contributed by atoms with Crippen LogP contribution < -0.4 is 5.32 Å². The minimum absolute atomic E-state index is 0.0942. The Morgan fingerprint density at radius 1 is 1.23 bits per heavy atom. The van der Waals surface area contributed by atoms with Gasteiger partial charge in [0, 0.05) is 11.6 Å². The van der Waals surface area contributed by atoms with Gasteiger partial charge in [-0.1, -0.05) is 12.1 Å². The molecule has 116 valence electrons. The van der Waals surface area contributed by atoms with Crippen molar-refractivity contribution in [2.24, 2.45) is 0 Å². The molecule has 1 heterocycles. The highest BCUT2D eigenvalue weighted by molar-refractivity contribution is 5.68. The molecule has 3 rings (SSSR count). The van der Waals surface area contributed by atoms with Crippen LogP contribution >= 0.6 is 0 Å². The topological polar surface area (TPSA) is 51.5 Å². The summed E-state index contributed by atoms with van der Waals surface area (Å²) in [4.78, 5) is 11.9. The molecular formula is C18H21NO3. The zero-order chi connectivity index (χ0) is 15.7. The van der Waals surface area contributed by atoms with Crippen LogP contribution in [0.1, 0.15) is 31.9 Å². The van der Waals surface area contributed by atoms with E-state index in [4.69, 9.17) is 9.15 Å². The van der Waals surface area contributed by atoms with Crippen molar-refractivity contribution in [2.45, 2.75) is 45.3 Å². The van der Waals surface area contributed by atoms with Gasteiger partial charge in [-0.3, -0.25) is 0 Å². The monoisotopic (exact) mass is 299 g/mol. The number of ether oxygens (including phenoxy) is 1. The molecule has 2 aromatic rings. The van der Waals surface area contributed by atoms with Crippen LogP contribution in [0.25, 0.3) is 11.3 Å². The maximum Gasteiger partial charge on any atom is 0.407 e. The predicted molar refractivity (Wildman–Crippen MR) is 84.7 cm³/mol. The smallest absolute Gasteiger partial charge is 0.407 e. The van der Waals surface area contributed by atoms with E-state index in [1.54, 1.807) is 6.26 Å². The summed E-state index contributed by atoms with van der Waals surface area (Å²) >= 11 is 0. The second-order valence-corrected chi connectivity index (χ2v) is 6.71. The van der Waals surface area contributed by atoms with Crippen molar-refractivity contribution in [3.8, 4) is 11.3 Å². The Labute approximate surface area is 130 Å². The molecule has 1 aromatic carbocycles. The maximum absolute atomic E-state index is 11.9. The van der Waals surface area contributed by atoms with Crippen molar-refractivity contribution >= 4 is 6.09 Å². The SMILES string of the molecule is CC(C)(C)OC(=O)N[C@H]1Cc2ccc(-c3ccco3)cc2C1. The van der Waals surface area contributed by atoms with E-state index >= 15 is 0 Å². The molecule has 1 N–H and O–H groups in total. The van der Waals surface area contributed by atoms with Crippen molar-refractivity contribution in [1.82, 2.24) is 5.32 Å². The van der Waals surface area contributed by atoms with Crippen LogP contribution in [0.15, 0.2) is 41.0 Å². The third kappa shape index (κ3) is 3.32. The first-order chi connectivity index (χ1) is 10.4. The normalized spacial score (nSPS) is 17.1. The van der Waals surface area contributed by atoms with Crippen molar-refractivity contribution in [1.29, 1.82) is 0 Å². The first kappa shape index (κ1) is 14.7. The number of carbonyl (C=O) groups excluding carboxylic acids is 1. The molecule has 0 saturated heterocycles. The minimum atomic E-state index is -0.470. The molecule has 1 aliphatic rings. The van der Waals surface area contributed by atoms with E-state index in [0.717, 1.165) is 24.2 Å². The Bertz CT molecular complexity index is 668. The molecule has 4 nitrogen and oxygen atoms in total. The van der Waals surface area contributed by atoms with Gasteiger partial charge >= 0.3 is 6.09 Å². The predicted octanol–water partition coefficient (Wildman–Crippen LogP) is 3.94. The molecule has 0 aliphatic heterocycles. The highest BCUT2D eigenvalue weighted by atomic mass is 16.6. The standard InChI is InChI=1S/C18H21NO3/c1-18(2,3)22-17(20)19-15-10-12-6-7-13(9-14(12)11-15)16-5-4-8-21-16/h4-9,15H,10-11H2,1-3H3,(H,19,20)/t15-/m0/s1. The molecule has 4 heteroatoms. The summed E-state index contributed by atoms with van der Waals surface area (Å²) in [5, 5.41) is 2.95. The third-order valence-corrected chi connectivity index (χ3v) is 3.67. The molecule has 22 heavy (non-hydrogen) atoms. The van der Waals surface area contributed by atoms with Gasteiger partial charge in [0.05, 0.1) is 6.26 Å². The second kappa shape index (κ2) is 5.52. The third-order valence-electron chi connectivity index (χ3n) is 3.67. The van der Waals surface area contributed by atoms with E-state index in [1.807, 2.05) is 32.9 Å².